The topological polar surface area (TPSA) is 39.7 Å². The first kappa shape index (κ1) is 14.5. The van der Waals surface area contributed by atoms with Gasteiger partial charge in [0.05, 0.1) is 27.4 Å². The average Bonchev–Trinajstić information content (AvgIpc) is 3.00. The molecule has 0 aliphatic rings. The van der Waals surface area contributed by atoms with Crippen molar-refractivity contribution in [2.75, 3.05) is 26.6 Å². The summed E-state index contributed by atoms with van der Waals surface area (Å²) in [5, 5.41) is 5.51. The van der Waals surface area contributed by atoms with E-state index in [0.717, 1.165) is 5.69 Å². The fourth-order valence-electron chi connectivity index (χ4n) is 2.02. The SMILES string of the molecule is COc1cc(NC(C)c2cccs2)cc(OC)c1OC. The van der Waals surface area contributed by atoms with Crippen molar-refractivity contribution in [3.05, 3.63) is 34.5 Å². The van der Waals surface area contributed by atoms with Crippen molar-refractivity contribution in [2.45, 2.75) is 13.0 Å². The molecular weight excluding hydrogens is 274 g/mol. The molecule has 1 aromatic carbocycles. The van der Waals surface area contributed by atoms with Crippen molar-refractivity contribution in [3.8, 4) is 17.2 Å². The standard InChI is InChI=1S/C15H19NO3S/c1-10(14-6-5-7-20-14)16-11-8-12(17-2)15(19-4)13(9-11)18-3/h5-10,16H,1-4H3. The lowest BCUT2D eigenvalue weighted by atomic mass is 10.2. The molecule has 1 atom stereocenters. The molecule has 1 N–H and O–H groups in total. The van der Waals surface area contributed by atoms with Gasteiger partial charge in [0.15, 0.2) is 11.5 Å². The minimum absolute atomic E-state index is 0.220. The highest BCUT2D eigenvalue weighted by Gasteiger charge is 2.14. The number of ether oxygens (including phenoxy) is 3. The van der Waals surface area contributed by atoms with Crippen LogP contribution in [0.4, 0.5) is 5.69 Å². The van der Waals surface area contributed by atoms with Crippen LogP contribution in [-0.2, 0) is 0 Å². The minimum atomic E-state index is 0.220. The normalized spacial score (nSPS) is 11.8. The van der Waals surface area contributed by atoms with Crippen molar-refractivity contribution < 1.29 is 14.2 Å². The Morgan fingerprint density at radius 2 is 1.70 bits per heavy atom. The smallest absolute Gasteiger partial charge is 0.203 e. The van der Waals surface area contributed by atoms with Gasteiger partial charge < -0.3 is 19.5 Å². The van der Waals surface area contributed by atoms with Crippen molar-refractivity contribution in [2.24, 2.45) is 0 Å². The summed E-state index contributed by atoms with van der Waals surface area (Å²) < 4.78 is 16.0. The highest BCUT2D eigenvalue weighted by atomic mass is 32.1. The minimum Gasteiger partial charge on any atom is -0.493 e. The molecule has 1 unspecified atom stereocenters. The molecule has 1 heterocycles. The van der Waals surface area contributed by atoms with Crippen LogP contribution in [-0.4, -0.2) is 21.3 Å². The lowest BCUT2D eigenvalue weighted by Crippen LogP contribution is -2.05. The van der Waals surface area contributed by atoms with Gasteiger partial charge in [-0.05, 0) is 18.4 Å². The molecule has 0 fully saturated rings. The molecule has 108 valence electrons. The second kappa shape index (κ2) is 6.52. The second-order valence-corrected chi connectivity index (χ2v) is 5.27. The van der Waals surface area contributed by atoms with E-state index in [9.17, 15) is 0 Å². The van der Waals surface area contributed by atoms with Crippen LogP contribution >= 0.6 is 11.3 Å². The Bertz CT molecular complexity index is 529. The van der Waals surface area contributed by atoms with E-state index >= 15 is 0 Å². The van der Waals surface area contributed by atoms with E-state index in [1.54, 1.807) is 32.7 Å². The van der Waals surface area contributed by atoms with Crippen molar-refractivity contribution in [1.29, 1.82) is 0 Å². The summed E-state index contributed by atoms with van der Waals surface area (Å²) in [7, 11) is 4.83. The highest BCUT2D eigenvalue weighted by molar-refractivity contribution is 7.10. The number of thiophene rings is 1. The molecule has 0 bridgehead atoms. The molecule has 0 saturated heterocycles. The van der Waals surface area contributed by atoms with Crippen LogP contribution in [0, 0.1) is 0 Å². The lowest BCUT2D eigenvalue weighted by molar-refractivity contribution is 0.324. The Morgan fingerprint density at radius 3 is 2.15 bits per heavy atom. The monoisotopic (exact) mass is 293 g/mol. The summed E-state index contributed by atoms with van der Waals surface area (Å²) in [6.45, 7) is 2.12. The fourth-order valence-corrected chi connectivity index (χ4v) is 2.76. The fraction of sp³-hybridized carbons (Fsp3) is 0.333. The van der Waals surface area contributed by atoms with Gasteiger partial charge in [0.25, 0.3) is 0 Å². The quantitative estimate of drug-likeness (QED) is 0.875. The molecule has 4 nitrogen and oxygen atoms in total. The predicted molar refractivity (Wildman–Crippen MR) is 82.5 cm³/mol. The van der Waals surface area contributed by atoms with E-state index < -0.39 is 0 Å². The molecule has 2 rings (SSSR count). The Kier molecular flexibility index (Phi) is 4.74. The molecule has 2 aromatic rings. The zero-order chi connectivity index (χ0) is 14.5. The van der Waals surface area contributed by atoms with Gasteiger partial charge in [0.2, 0.25) is 5.75 Å². The molecule has 1 aromatic heterocycles. The summed E-state index contributed by atoms with van der Waals surface area (Å²) in [6, 6.07) is 8.20. The van der Waals surface area contributed by atoms with Crippen LogP contribution < -0.4 is 19.5 Å². The van der Waals surface area contributed by atoms with E-state index in [2.05, 4.69) is 23.7 Å². The maximum Gasteiger partial charge on any atom is 0.203 e. The zero-order valence-electron chi connectivity index (χ0n) is 12.1. The van der Waals surface area contributed by atoms with Crippen LogP contribution in [0.25, 0.3) is 0 Å². The first-order chi connectivity index (χ1) is 9.69. The number of benzene rings is 1. The molecule has 0 radical (unpaired) electrons. The Morgan fingerprint density at radius 1 is 1.05 bits per heavy atom. The first-order valence-corrected chi connectivity index (χ1v) is 7.17. The van der Waals surface area contributed by atoms with Gasteiger partial charge in [-0.25, -0.2) is 0 Å². The van der Waals surface area contributed by atoms with Crippen LogP contribution in [0.15, 0.2) is 29.6 Å². The van der Waals surface area contributed by atoms with Gasteiger partial charge in [-0.3, -0.25) is 0 Å². The molecule has 0 aliphatic carbocycles. The maximum absolute atomic E-state index is 5.35. The van der Waals surface area contributed by atoms with E-state index in [1.807, 2.05) is 18.2 Å². The molecule has 0 spiro atoms. The number of methoxy groups -OCH3 is 3. The molecule has 20 heavy (non-hydrogen) atoms. The van der Waals surface area contributed by atoms with E-state index in [-0.39, 0.29) is 6.04 Å². The number of hydrogen-bond donors (Lipinski definition) is 1. The lowest BCUT2D eigenvalue weighted by Gasteiger charge is -2.18. The number of hydrogen-bond acceptors (Lipinski definition) is 5. The van der Waals surface area contributed by atoms with Gasteiger partial charge in [-0.1, -0.05) is 6.07 Å². The van der Waals surface area contributed by atoms with Crippen LogP contribution in [0.3, 0.4) is 0 Å². The summed E-state index contributed by atoms with van der Waals surface area (Å²) in [5.74, 6) is 1.89. The van der Waals surface area contributed by atoms with Crippen LogP contribution in [0.2, 0.25) is 0 Å². The average molecular weight is 293 g/mol. The van der Waals surface area contributed by atoms with Crippen molar-refractivity contribution in [3.63, 3.8) is 0 Å². The Balaban J connectivity index is 2.28. The molecular formula is C15H19NO3S. The molecule has 5 heteroatoms. The summed E-state index contributed by atoms with van der Waals surface area (Å²) in [6.07, 6.45) is 0. The maximum atomic E-state index is 5.35. The van der Waals surface area contributed by atoms with E-state index in [0.29, 0.717) is 17.2 Å². The number of anilines is 1. The summed E-state index contributed by atoms with van der Waals surface area (Å²) >= 11 is 1.73. The third-order valence-electron chi connectivity index (χ3n) is 3.02. The van der Waals surface area contributed by atoms with Gasteiger partial charge in [-0.15, -0.1) is 11.3 Å². The second-order valence-electron chi connectivity index (χ2n) is 4.30. The molecule has 0 aliphatic heterocycles. The molecule has 0 saturated carbocycles. The van der Waals surface area contributed by atoms with Gasteiger partial charge in [0.1, 0.15) is 0 Å². The van der Waals surface area contributed by atoms with Gasteiger partial charge in [-0.2, -0.15) is 0 Å². The predicted octanol–water partition coefficient (Wildman–Crippen LogP) is 3.95. The Labute approximate surface area is 123 Å². The third-order valence-corrected chi connectivity index (χ3v) is 4.07. The summed E-state index contributed by atoms with van der Waals surface area (Å²) in [5.41, 5.74) is 0.931. The largest absolute Gasteiger partial charge is 0.493 e. The highest BCUT2D eigenvalue weighted by Crippen LogP contribution is 2.40. The molecule has 0 amide bonds. The van der Waals surface area contributed by atoms with Crippen molar-refractivity contribution in [1.82, 2.24) is 0 Å². The summed E-state index contributed by atoms with van der Waals surface area (Å²) in [4.78, 5) is 1.28. The van der Waals surface area contributed by atoms with Crippen LogP contribution in [0.1, 0.15) is 17.8 Å². The number of rotatable bonds is 6. The van der Waals surface area contributed by atoms with E-state index in [4.69, 9.17) is 14.2 Å². The van der Waals surface area contributed by atoms with E-state index in [1.165, 1.54) is 4.88 Å². The zero-order valence-corrected chi connectivity index (χ0v) is 12.9. The van der Waals surface area contributed by atoms with Crippen LogP contribution in [0.5, 0.6) is 17.2 Å². The van der Waals surface area contributed by atoms with Crippen molar-refractivity contribution >= 4 is 17.0 Å². The number of nitrogens with one attached hydrogen (secondary N) is 1. The van der Waals surface area contributed by atoms with Gasteiger partial charge >= 0.3 is 0 Å². The third kappa shape index (κ3) is 2.99. The Hall–Kier alpha value is -1.88. The first-order valence-electron chi connectivity index (χ1n) is 6.29. The van der Waals surface area contributed by atoms with Gasteiger partial charge in [0, 0.05) is 22.7 Å².